The van der Waals surface area contributed by atoms with Crippen LogP contribution in [-0.4, -0.2) is 16.9 Å². The van der Waals surface area contributed by atoms with Gasteiger partial charge in [0.25, 0.3) is 0 Å². The third kappa shape index (κ3) is 2.98. The van der Waals surface area contributed by atoms with Gasteiger partial charge in [-0.25, -0.2) is 0 Å². The van der Waals surface area contributed by atoms with E-state index < -0.39 is 0 Å². The average Bonchev–Trinajstić information content (AvgIpc) is 2.91. The number of hydrogen-bond acceptors (Lipinski definition) is 2. The number of nitrogens with zero attached hydrogens (tertiary/aromatic N) is 1. The van der Waals surface area contributed by atoms with Gasteiger partial charge in [0.2, 0.25) is 5.91 Å². The van der Waals surface area contributed by atoms with Crippen molar-refractivity contribution in [3.63, 3.8) is 0 Å². The van der Waals surface area contributed by atoms with Crippen molar-refractivity contribution in [3.8, 4) is 0 Å². The maximum atomic E-state index is 12.0. The van der Waals surface area contributed by atoms with Gasteiger partial charge in [-0.05, 0) is 38.0 Å². The molecule has 20 heavy (non-hydrogen) atoms. The second kappa shape index (κ2) is 5.61. The van der Waals surface area contributed by atoms with Crippen molar-refractivity contribution in [2.24, 2.45) is 0 Å². The molecule has 1 amide bonds. The molecule has 3 heteroatoms. The van der Waals surface area contributed by atoms with Crippen molar-refractivity contribution < 1.29 is 4.79 Å². The van der Waals surface area contributed by atoms with Crippen molar-refractivity contribution >= 4 is 16.8 Å². The Balaban J connectivity index is 1.70. The summed E-state index contributed by atoms with van der Waals surface area (Å²) in [6.07, 6.45) is 5.09. The number of benzene rings is 1. The normalized spacial score (nSPS) is 15.7. The first-order valence-corrected chi connectivity index (χ1v) is 7.36. The summed E-state index contributed by atoms with van der Waals surface area (Å²) < 4.78 is 0. The summed E-state index contributed by atoms with van der Waals surface area (Å²) >= 11 is 0. The number of aryl methyl sites for hydroxylation is 1. The average molecular weight is 268 g/mol. The highest BCUT2D eigenvalue weighted by Gasteiger charge is 2.17. The largest absolute Gasteiger partial charge is 0.353 e. The van der Waals surface area contributed by atoms with Gasteiger partial charge in [0.1, 0.15) is 0 Å². The molecule has 0 atom stereocenters. The van der Waals surface area contributed by atoms with Crippen LogP contribution in [-0.2, 0) is 11.2 Å². The molecule has 0 bridgehead atoms. The second-order valence-electron chi connectivity index (χ2n) is 5.72. The topological polar surface area (TPSA) is 42.0 Å². The molecule has 0 spiro atoms. The van der Waals surface area contributed by atoms with E-state index in [9.17, 15) is 4.79 Å². The molecule has 1 aromatic carbocycles. The first-order chi connectivity index (χ1) is 9.70. The first kappa shape index (κ1) is 13.1. The molecule has 1 aliphatic carbocycles. The highest BCUT2D eigenvalue weighted by atomic mass is 16.1. The Morgan fingerprint density at radius 3 is 2.85 bits per heavy atom. The molecule has 104 valence electrons. The zero-order valence-electron chi connectivity index (χ0n) is 11.9. The Kier molecular flexibility index (Phi) is 3.68. The third-order valence-electron chi connectivity index (χ3n) is 3.96. The van der Waals surface area contributed by atoms with Gasteiger partial charge >= 0.3 is 0 Å². The molecule has 2 aromatic rings. The Bertz CT molecular complexity index is 630. The molecule has 1 fully saturated rings. The summed E-state index contributed by atoms with van der Waals surface area (Å²) in [7, 11) is 0. The summed E-state index contributed by atoms with van der Waals surface area (Å²) in [6.45, 7) is 2.07. The quantitative estimate of drug-likeness (QED) is 0.929. The van der Waals surface area contributed by atoms with E-state index >= 15 is 0 Å². The van der Waals surface area contributed by atoms with E-state index in [0.29, 0.717) is 12.5 Å². The minimum Gasteiger partial charge on any atom is -0.353 e. The monoisotopic (exact) mass is 268 g/mol. The van der Waals surface area contributed by atoms with E-state index in [0.717, 1.165) is 29.4 Å². The van der Waals surface area contributed by atoms with Crippen LogP contribution in [0.4, 0.5) is 0 Å². The van der Waals surface area contributed by atoms with Crippen LogP contribution in [0.1, 0.15) is 36.9 Å². The predicted molar refractivity (Wildman–Crippen MR) is 80.6 cm³/mol. The van der Waals surface area contributed by atoms with Gasteiger partial charge in [-0.15, -0.1) is 0 Å². The highest BCUT2D eigenvalue weighted by Crippen LogP contribution is 2.18. The lowest BCUT2D eigenvalue weighted by Crippen LogP contribution is -2.33. The minimum absolute atomic E-state index is 0.0934. The zero-order valence-corrected chi connectivity index (χ0v) is 11.9. The van der Waals surface area contributed by atoms with Crippen LogP contribution in [0.25, 0.3) is 10.9 Å². The number of pyridine rings is 1. The SMILES string of the molecule is Cc1ccc2nc(CC(=O)NC3CCCC3)ccc2c1. The molecule has 1 heterocycles. The van der Waals surface area contributed by atoms with Gasteiger partial charge in [0.05, 0.1) is 17.6 Å². The van der Waals surface area contributed by atoms with Crippen molar-refractivity contribution in [2.45, 2.75) is 45.1 Å². The van der Waals surface area contributed by atoms with Gasteiger partial charge in [-0.2, -0.15) is 0 Å². The van der Waals surface area contributed by atoms with Crippen molar-refractivity contribution in [1.29, 1.82) is 0 Å². The number of nitrogens with one attached hydrogen (secondary N) is 1. The van der Waals surface area contributed by atoms with Crippen LogP contribution in [0.5, 0.6) is 0 Å². The van der Waals surface area contributed by atoms with Crippen LogP contribution < -0.4 is 5.32 Å². The molecule has 0 radical (unpaired) electrons. The molecule has 0 aliphatic heterocycles. The zero-order chi connectivity index (χ0) is 13.9. The van der Waals surface area contributed by atoms with E-state index in [-0.39, 0.29) is 5.91 Å². The molecule has 1 aliphatic rings. The van der Waals surface area contributed by atoms with Gasteiger partial charge in [0, 0.05) is 11.4 Å². The van der Waals surface area contributed by atoms with E-state index in [1.54, 1.807) is 0 Å². The summed E-state index contributed by atoms with van der Waals surface area (Å²) in [5.41, 5.74) is 3.03. The summed E-state index contributed by atoms with van der Waals surface area (Å²) in [5, 5.41) is 4.24. The number of amides is 1. The van der Waals surface area contributed by atoms with Crippen molar-refractivity contribution in [1.82, 2.24) is 10.3 Å². The van der Waals surface area contributed by atoms with Gasteiger partial charge in [0.15, 0.2) is 0 Å². The number of carbonyl (C=O) groups excluding carboxylic acids is 1. The van der Waals surface area contributed by atoms with Gasteiger partial charge < -0.3 is 5.32 Å². The molecule has 3 nitrogen and oxygen atoms in total. The number of hydrogen-bond donors (Lipinski definition) is 1. The second-order valence-corrected chi connectivity index (χ2v) is 5.72. The van der Waals surface area contributed by atoms with Crippen LogP contribution in [0.2, 0.25) is 0 Å². The Morgan fingerprint density at radius 2 is 2.05 bits per heavy atom. The first-order valence-electron chi connectivity index (χ1n) is 7.36. The van der Waals surface area contributed by atoms with Crippen LogP contribution >= 0.6 is 0 Å². The standard InChI is InChI=1S/C17H20N2O/c1-12-6-9-16-13(10-12)7-8-15(18-16)11-17(20)19-14-4-2-3-5-14/h6-10,14H,2-5,11H2,1H3,(H,19,20). The Morgan fingerprint density at radius 1 is 1.25 bits per heavy atom. The fourth-order valence-corrected chi connectivity index (χ4v) is 2.90. The van der Waals surface area contributed by atoms with E-state index in [2.05, 4.69) is 29.4 Å². The summed E-state index contributed by atoms with van der Waals surface area (Å²) in [4.78, 5) is 16.6. The molecule has 1 N–H and O–H groups in total. The number of aromatic nitrogens is 1. The molecular formula is C17H20N2O. The van der Waals surface area contributed by atoms with Crippen molar-refractivity contribution in [3.05, 3.63) is 41.6 Å². The highest BCUT2D eigenvalue weighted by molar-refractivity contribution is 5.82. The molecule has 1 aromatic heterocycles. The number of fused-ring (bicyclic) bond motifs is 1. The maximum absolute atomic E-state index is 12.0. The Labute approximate surface area is 119 Å². The molecule has 1 saturated carbocycles. The summed E-state index contributed by atoms with van der Waals surface area (Å²) in [5.74, 6) is 0.0934. The fourth-order valence-electron chi connectivity index (χ4n) is 2.90. The maximum Gasteiger partial charge on any atom is 0.226 e. The Hall–Kier alpha value is -1.90. The lowest BCUT2D eigenvalue weighted by Gasteiger charge is -2.11. The van der Waals surface area contributed by atoms with E-state index in [1.165, 1.54) is 18.4 Å². The smallest absolute Gasteiger partial charge is 0.226 e. The van der Waals surface area contributed by atoms with Crippen LogP contribution in [0, 0.1) is 6.92 Å². The number of carbonyl (C=O) groups is 1. The van der Waals surface area contributed by atoms with E-state index in [4.69, 9.17) is 0 Å². The molecule has 3 rings (SSSR count). The van der Waals surface area contributed by atoms with Crippen LogP contribution in [0.15, 0.2) is 30.3 Å². The predicted octanol–water partition coefficient (Wildman–Crippen LogP) is 3.14. The van der Waals surface area contributed by atoms with Crippen LogP contribution in [0.3, 0.4) is 0 Å². The molecular weight excluding hydrogens is 248 g/mol. The van der Waals surface area contributed by atoms with E-state index in [1.807, 2.05) is 18.2 Å². The molecule has 0 unspecified atom stereocenters. The van der Waals surface area contributed by atoms with Gasteiger partial charge in [-0.1, -0.05) is 30.5 Å². The summed E-state index contributed by atoms with van der Waals surface area (Å²) in [6, 6.07) is 10.6. The lowest BCUT2D eigenvalue weighted by atomic mass is 10.1. The number of rotatable bonds is 3. The molecule has 0 saturated heterocycles. The lowest BCUT2D eigenvalue weighted by molar-refractivity contribution is -0.121. The van der Waals surface area contributed by atoms with Gasteiger partial charge in [-0.3, -0.25) is 9.78 Å². The third-order valence-corrected chi connectivity index (χ3v) is 3.96. The van der Waals surface area contributed by atoms with Crippen molar-refractivity contribution in [2.75, 3.05) is 0 Å². The fraction of sp³-hybridized carbons (Fsp3) is 0.412. The minimum atomic E-state index is 0.0934.